The zero-order chi connectivity index (χ0) is 13.0. The van der Waals surface area contributed by atoms with Crippen LogP contribution < -0.4 is 10.6 Å². The van der Waals surface area contributed by atoms with Gasteiger partial charge in [0, 0.05) is 6.04 Å². The van der Waals surface area contributed by atoms with Crippen LogP contribution in [0, 0.1) is 5.92 Å². The summed E-state index contributed by atoms with van der Waals surface area (Å²) < 4.78 is 0. The van der Waals surface area contributed by atoms with E-state index in [4.69, 9.17) is 0 Å². The van der Waals surface area contributed by atoms with Gasteiger partial charge in [-0.2, -0.15) is 0 Å². The number of nitrogens with one attached hydrogen (secondary N) is 2. The molecule has 18 heavy (non-hydrogen) atoms. The summed E-state index contributed by atoms with van der Waals surface area (Å²) in [6.07, 6.45) is 3.20. The zero-order valence-electron chi connectivity index (χ0n) is 11.1. The highest BCUT2D eigenvalue weighted by Crippen LogP contribution is 2.22. The number of carbonyl (C=O) groups excluding carboxylic acids is 1. The second-order valence-corrected chi connectivity index (χ2v) is 5.48. The van der Waals surface area contributed by atoms with Crippen LogP contribution in [0.5, 0.6) is 0 Å². The van der Waals surface area contributed by atoms with Crippen LogP contribution in [0.15, 0.2) is 30.3 Å². The summed E-state index contributed by atoms with van der Waals surface area (Å²) in [4.78, 5) is 11.8. The van der Waals surface area contributed by atoms with Gasteiger partial charge in [-0.05, 0) is 30.7 Å². The van der Waals surface area contributed by atoms with Crippen molar-refractivity contribution in [3.8, 4) is 0 Å². The normalized spacial score (nSPS) is 16.4. The molecule has 2 rings (SSSR count). The smallest absolute Gasteiger partial charge is 0.315 e. The first-order valence-corrected chi connectivity index (χ1v) is 6.77. The number of hydrogen-bond donors (Lipinski definition) is 2. The first kappa shape index (κ1) is 12.9. The highest BCUT2D eigenvalue weighted by molar-refractivity contribution is 5.75. The molecule has 1 aromatic rings. The Hall–Kier alpha value is -1.51. The van der Waals surface area contributed by atoms with E-state index in [0.717, 1.165) is 19.3 Å². The number of carbonyl (C=O) groups is 1. The van der Waals surface area contributed by atoms with E-state index in [1.807, 2.05) is 18.2 Å². The fraction of sp³-hybridized carbons (Fsp3) is 0.533. The number of hydrogen-bond acceptors (Lipinski definition) is 1. The third kappa shape index (κ3) is 4.06. The van der Waals surface area contributed by atoms with E-state index >= 15 is 0 Å². The number of amides is 2. The maximum atomic E-state index is 11.8. The van der Waals surface area contributed by atoms with E-state index in [-0.39, 0.29) is 12.1 Å². The van der Waals surface area contributed by atoms with E-state index in [1.165, 1.54) is 5.56 Å². The average molecular weight is 246 g/mol. The monoisotopic (exact) mass is 246 g/mol. The largest absolute Gasteiger partial charge is 0.335 e. The minimum absolute atomic E-state index is 0.0352. The number of urea groups is 1. The van der Waals surface area contributed by atoms with Crippen LogP contribution in [0.2, 0.25) is 0 Å². The molecule has 1 aliphatic carbocycles. The van der Waals surface area contributed by atoms with Crippen LogP contribution in [0.1, 0.15) is 44.7 Å². The van der Waals surface area contributed by atoms with E-state index in [0.29, 0.717) is 12.0 Å². The van der Waals surface area contributed by atoms with Crippen molar-refractivity contribution < 1.29 is 4.79 Å². The van der Waals surface area contributed by atoms with E-state index in [1.54, 1.807) is 0 Å². The Morgan fingerprint density at radius 1 is 1.28 bits per heavy atom. The summed E-state index contributed by atoms with van der Waals surface area (Å²) >= 11 is 0. The van der Waals surface area contributed by atoms with Crippen molar-refractivity contribution in [3.63, 3.8) is 0 Å². The molecule has 1 aromatic carbocycles. The van der Waals surface area contributed by atoms with Crippen molar-refractivity contribution in [3.05, 3.63) is 35.9 Å². The van der Waals surface area contributed by atoms with Gasteiger partial charge in [-0.3, -0.25) is 0 Å². The Kier molecular flexibility index (Phi) is 4.24. The topological polar surface area (TPSA) is 41.1 Å². The van der Waals surface area contributed by atoms with Gasteiger partial charge < -0.3 is 10.6 Å². The minimum atomic E-state index is -0.0352. The first-order chi connectivity index (χ1) is 8.65. The van der Waals surface area contributed by atoms with E-state index < -0.39 is 0 Å². The molecule has 3 heteroatoms. The SMILES string of the molecule is CC(C)CC(NC(=O)NC1CC1)c1ccccc1. The van der Waals surface area contributed by atoms with Crippen LogP contribution in [0.25, 0.3) is 0 Å². The quantitative estimate of drug-likeness (QED) is 0.822. The molecule has 0 aromatic heterocycles. The fourth-order valence-corrected chi connectivity index (χ4v) is 2.05. The average Bonchev–Trinajstić information content (AvgIpc) is 3.12. The predicted octanol–water partition coefficient (Wildman–Crippen LogP) is 3.24. The summed E-state index contributed by atoms with van der Waals surface area (Å²) in [5, 5.41) is 6.06. The van der Waals surface area contributed by atoms with Crippen molar-refractivity contribution in [2.45, 2.75) is 45.2 Å². The van der Waals surface area contributed by atoms with Gasteiger partial charge in [0.15, 0.2) is 0 Å². The summed E-state index contributed by atoms with van der Waals surface area (Å²) in [6.45, 7) is 4.35. The van der Waals surface area contributed by atoms with Crippen molar-refractivity contribution in [2.75, 3.05) is 0 Å². The van der Waals surface area contributed by atoms with Gasteiger partial charge in [0.05, 0.1) is 6.04 Å². The van der Waals surface area contributed by atoms with Crippen LogP contribution in [0.4, 0.5) is 4.79 Å². The molecule has 0 saturated heterocycles. The standard InChI is InChI=1S/C15H22N2O/c1-11(2)10-14(12-6-4-3-5-7-12)17-15(18)16-13-8-9-13/h3-7,11,13-14H,8-10H2,1-2H3,(H2,16,17,18). The zero-order valence-corrected chi connectivity index (χ0v) is 11.1. The second-order valence-electron chi connectivity index (χ2n) is 5.48. The maximum Gasteiger partial charge on any atom is 0.315 e. The fourth-order valence-electron chi connectivity index (χ4n) is 2.05. The van der Waals surface area contributed by atoms with Gasteiger partial charge in [-0.25, -0.2) is 4.79 Å². The van der Waals surface area contributed by atoms with Crippen molar-refractivity contribution in [2.24, 2.45) is 5.92 Å². The molecular weight excluding hydrogens is 224 g/mol. The summed E-state index contributed by atoms with van der Waals surface area (Å²) in [7, 11) is 0. The Bertz CT molecular complexity index is 385. The lowest BCUT2D eigenvalue weighted by molar-refractivity contribution is 0.234. The van der Waals surface area contributed by atoms with Crippen molar-refractivity contribution >= 4 is 6.03 Å². The molecule has 1 saturated carbocycles. The Morgan fingerprint density at radius 2 is 1.94 bits per heavy atom. The van der Waals surface area contributed by atoms with Gasteiger partial charge in [-0.1, -0.05) is 44.2 Å². The number of benzene rings is 1. The Labute approximate surface area is 109 Å². The molecule has 2 N–H and O–H groups in total. The Morgan fingerprint density at radius 3 is 2.50 bits per heavy atom. The first-order valence-electron chi connectivity index (χ1n) is 6.77. The van der Waals surface area contributed by atoms with Gasteiger partial charge in [0.25, 0.3) is 0 Å². The van der Waals surface area contributed by atoms with Crippen molar-refractivity contribution in [1.82, 2.24) is 10.6 Å². The third-order valence-electron chi connectivity index (χ3n) is 3.13. The number of rotatable bonds is 5. The Balaban J connectivity index is 1.97. The summed E-state index contributed by atoms with van der Waals surface area (Å²) in [5.41, 5.74) is 1.18. The second kappa shape index (κ2) is 5.89. The lowest BCUT2D eigenvalue weighted by Gasteiger charge is -2.21. The molecule has 0 heterocycles. The summed E-state index contributed by atoms with van der Waals surface area (Å²) in [5.74, 6) is 0.552. The summed E-state index contributed by atoms with van der Waals surface area (Å²) in [6, 6.07) is 10.7. The van der Waals surface area contributed by atoms with Crippen molar-refractivity contribution in [1.29, 1.82) is 0 Å². The minimum Gasteiger partial charge on any atom is -0.335 e. The van der Waals surface area contributed by atoms with Crippen LogP contribution in [0.3, 0.4) is 0 Å². The van der Waals surface area contributed by atoms with Gasteiger partial charge >= 0.3 is 6.03 Å². The molecule has 0 spiro atoms. The molecule has 0 bridgehead atoms. The molecule has 1 atom stereocenters. The molecule has 3 nitrogen and oxygen atoms in total. The van der Waals surface area contributed by atoms with E-state index in [2.05, 4.69) is 36.6 Å². The lowest BCUT2D eigenvalue weighted by Crippen LogP contribution is -2.39. The van der Waals surface area contributed by atoms with Gasteiger partial charge in [0.1, 0.15) is 0 Å². The molecule has 2 amide bonds. The highest BCUT2D eigenvalue weighted by atomic mass is 16.2. The molecule has 1 fully saturated rings. The third-order valence-corrected chi connectivity index (χ3v) is 3.13. The van der Waals surface area contributed by atoms with Crippen LogP contribution >= 0.6 is 0 Å². The molecule has 0 radical (unpaired) electrons. The molecule has 1 aliphatic rings. The maximum absolute atomic E-state index is 11.8. The lowest BCUT2D eigenvalue weighted by atomic mass is 9.97. The van der Waals surface area contributed by atoms with Gasteiger partial charge in [-0.15, -0.1) is 0 Å². The highest BCUT2D eigenvalue weighted by Gasteiger charge is 2.24. The molecule has 98 valence electrons. The molecule has 0 aliphatic heterocycles. The molecular formula is C15H22N2O. The van der Waals surface area contributed by atoms with Gasteiger partial charge in [0.2, 0.25) is 0 Å². The van der Waals surface area contributed by atoms with Crippen LogP contribution in [-0.4, -0.2) is 12.1 Å². The molecule has 1 unspecified atom stereocenters. The predicted molar refractivity (Wildman–Crippen MR) is 73.3 cm³/mol. The van der Waals surface area contributed by atoms with Crippen LogP contribution in [-0.2, 0) is 0 Å². The van der Waals surface area contributed by atoms with E-state index in [9.17, 15) is 4.79 Å².